The number of carbonyl (C=O) groups is 1. The van der Waals surface area contributed by atoms with Gasteiger partial charge in [-0.1, -0.05) is 6.07 Å². The van der Waals surface area contributed by atoms with E-state index >= 15 is 0 Å². The fraction of sp³-hybridized carbons (Fsp3) is 0.263. The first-order valence-corrected chi connectivity index (χ1v) is 8.81. The molecule has 0 aliphatic carbocycles. The highest BCUT2D eigenvalue weighted by Crippen LogP contribution is 2.33. The minimum absolute atomic E-state index is 0.106. The van der Waals surface area contributed by atoms with Gasteiger partial charge in [0, 0.05) is 31.2 Å². The van der Waals surface area contributed by atoms with Crippen molar-refractivity contribution in [2.24, 2.45) is 0 Å². The van der Waals surface area contributed by atoms with Crippen LogP contribution in [0, 0.1) is 6.92 Å². The molecule has 0 unspecified atom stereocenters. The molecule has 0 saturated carbocycles. The van der Waals surface area contributed by atoms with Crippen molar-refractivity contribution in [3.63, 3.8) is 0 Å². The summed E-state index contributed by atoms with van der Waals surface area (Å²) >= 11 is 0. The van der Waals surface area contributed by atoms with Crippen molar-refractivity contribution in [1.29, 1.82) is 0 Å². The Hall–Kier alpha value is -3.42. The number of nitrogens with one attached hydrogen (secondary N) is 1. The standard InChI is InChI=1S/C19H19N7O/c1-13-23-14(11-18(24-13)25-17-6-2-3-7-22-17)16-5-4-10-26(16)19(27)15-12-20-8-9-21-15/h2-3,6-9,11-12,16H,4-5,10H2,1H3,(H,22,23,24,25)/t16-/m0/s1. The van der Waals surface area contributed by atoms with Crippen LogP contribution in [0.3, 0.4) is 0 Å². The Balaban J connectivity index is 1.61. The highest BCUT2D eigenvalue weighted by molar-refractivity contribution is 5.92. The van der Waals surface area contributed by atoms with Crippen molar-refractivity contribution in [3.05, 3.63) is 66.3 Å². The van der Waals surface area contributed by atoms with Gasteiger partial charge in [-0.15, -0.1) is 0 Å². The normalized spacial score (nSPS) is 16.3. The first-order valence-electron chi connectivity index (χ1n) is 8.81. The summed E-state index contributed by atoms with van der Waals surface area (Å²) in [5.41, 5.74) is 1.16. The van der Waals surface area contributed by atoms with Gasteiger partial charge >= 0.3 is 0 Å². The molecule has 8 nitrogen and oxygen atoms in total. The van der Waals surface area contributed by atoms with E-state index < -0.39 is 0 Å². The van der Waals surface area contributed by atoms with Crippen LogP contribution in [0.4, 0.5) is 11.6 Å². The zero-order valence-electron chi connectivity index (χ0n) is 14.9. The molecular weight excluding hydrogens is 342 g/mol. The van der Waals surface area contributed by atoms with Crippen LogP contribution in [-0.4, -0.2) is 42.3 Å². The summed E-state index contributed by atoms with van der Waals surface area (Å²) in [5.74, 6) is 1.89. The van der Waals surface area contributed by atoms with Gasteiger partial charge in [-0.2, -0.15) is 0 Å². The van der Waals surface area contributed by atoms with E-state index in [1.807, 2.05) is 36.1 Å². The Morgan fingerprint density at radius 3 is 2.85 bits per heavy atom. The number of anilines is 2. The van der Waals surface area contributed by atoms with Crippen molar-refractivity contribution in [3.8, 4) is 0 Å². The van der Waals surface area contributed by atoms with Gasteiger partial charge in [0.1, 0.15) is 23.2 Å². The lowest BCUT2D eigenvalue weighted by atomic mass is 10.1. The number of hydrogen-bond acceptors (Lipinski definition) is 7. The number of rotatable bonds is 4. The second kappa shape index (κ2) is 7.45. The lowest BCUT2D eigenvalue weighted by Crippen LogP contribution is -2.31. The van der Waals surface area contributed by atoms with E-state index in [2.05, 4.69) is 30.2 Å². The highest BCUT2D eigenvalue weighted by atomic mass is 16.2. The summed E-state index contributed by atoms with van der Waals surface area (Å²) in [6.07, 6.45) is 8.07. The molecule has 1 atom stereocenters. The van der Waals surface area contributed by atoms with Crippen molar-refractivity contribution in [1.82, 2.24) is 29.8 Å². The predicted octanol–water partition coefficient (Wildman–Crippen LogP) is 2.69. The monoisotopic (exact) mass is 361 g/mol. The van der Waals surface area contributed by atoms with E-state index in [0.717, 1.165) is 18.5 Å². The van der Waals surface area contributed by atoms with Gasteiger partial charge in [-0.3, -0.25) is 9.78 Å². The first kappa shape index (κ1) is 17.0. The average molecular weight is 361 g/mol. The molecule has 0 aromatic carbocycles. The van der Waals surface area contributed by atoms with Crippen LogP contribution < -0.4 is 5.32 Å². The SMILES string of the molecule is Cc1nc(Nc2ccccn2)cc([C@@H]2CCCN2C(=O)c2cnccn2)n1. The minimum Gasteiger partial charge on any atom is -0.329 e. The topological polar surface area (TPSA) is 96.8 Å². The largest absolute Gasteiger partial charge is 0.329 e. The number of likely N-dealkylation sites (tertiary alicyclic amines) is 1. The number of aryl methyl sites for hydroxylation is 1. The molecule has 1 aliphatic heterocycles. The van der Waals surface area contributed by atoms with Gasteiger partial charge in [-0.05, 0) is 31.9 Å². The number of pyridine rings is 1. The molecule has 0 radical (unpaired) electrons. The summed E-state index contributed by atoms with van der Waals surface area (Å²) < 4.78 is 0. The second-order valence-electron chi connectivity index (χ2n) is 6.31. The molecular formula is C19H19N7O. The van der Waals surface area contributed by atoms with Crippen molar-refractivity contribution in [2.45, 2.75) is 25.8 Å². The number of hydrogen-bond donors (Lipinski definition) is 1. The summed E-state index contributed by atoms with van der Waals surface area (Å²) in [5, 5.41) is 3.20. The molecule has 4 heterocycles. The van der Waals surface area contributed by atoms with E-state index in [0.29, 0.717) is 29.7 Å². The van der Waals surface area contributed by atoms with E-state index in [1.165, 1.54) is 12.4 Å². The average Bonchev–Trinajstić information content (AvgIpc) is 3.18. The lowest BCUT2D eigenvalue weighted by molar-refractivity contribution is 0.0726. The third kappa shape index (κ3) is 3.74. The van der Waals surface area contributed by atoms with Crippen LogP contribution in [-0.2, 0) is 0 Å². The van der Waals surface area contributed by atoms with Crippen LogP contribution in [0.1, 0.15) is 40.9 Å². The molecule has 136 valence electrons. The highest BCUT2D eigenvalue weighted by Gasteiger charge is 2.32. The lowest BCUT2D eigenvalue weighted by Gasteiger charge is -2.24. The molecule has 1 saturated heterocycles. The van der Waals surface area contributed by atoms with E-state index in [9.17, 15) is 4.79 Å². The predicted molar refractivity (Wildman–Crippen MR) is 99.3 cm³/mol. The van der Waals surface area contributed by atoms with Crippen molar-refractivity contribution in [2.75, 3.05) is 11.9 Å². The maximum Gasteiger partial charge on any atom is 0.274 e. The van der Waals surface area contributed by atoms with Crippen LogP contribution in [0.2, 0.25) is 0 Å². The minimum atomic E-state index is -0.124. The molecule has 1 fully saturated rings. The smallest absolute Gasteiger partial charge is 0.274 e. The molecule has 3 aromatic rings. The Morgan fingerprint density at radius 1 is 1.15 bits per heavy atom. The third-order valence-electron chi connectivity index (χ3n) is 4.42. The number of carbonyl (C=O) groups excluding carboxylic acids is 1. The first-order chi connectivity index (χ1) is 13.2. The zero-order chi connectivity index (χ0) is 18.6. The third-order valence-corrected chi connectivity index (χ3v) is 4.42. The molecule has 0 spiro atoms. The Bertz CT molecular complexity index is 933. The number of nitrogens with zero attached hydrogens (tertiary/aromatic N) is 6. The van der Waals surface area contributed by atoms with E-state index in [-0.39, 0.29) is 11.9 Å². The van der Waals surface area contributed by atoms with Crippen molar-refractivity contribution >= 4 is 17.5 Å². The van der Waals surface area contributed by atoms with Gasteiger partial charge in [0.15, 0.2) is 0 Å². The summed E-state index contributed by atoms with van der Waals surface area (Å²) in [6, 6.07) is 7.41. The number of amides is 1. The summed E-state index contributed by atoms with van der Waals surface area (Å²) in [4.78, 5) is 36.1. The molecule has 0 bridgehead atoms. The van der Waals surface area contributed by atoms with Gasteiger partial charge in [0.25, 0.3) is 5.91 Å². The van der Waals surface area contributed by atoms with Crippen LogP contribution in [0.25, 0.3) is 0 Å². The van der Waals surface area contributed by atoms with Gasteiger partial charge in [-0.25, -0.2) is 19.9 Å². The molecule has 4 rings (SSSR count). The zero-order valence-corrected chi connectivity index (χ0v) is 14.9. The molecule has 27 heavy (non-hydrogen) atoms. The fourth-order valence-electron chi connectivity index (χ4n) is 3.27. The van der Waals surface area contributed by atoms with Crippen molar-refractivity contribution < 1.29 is 4.79 Å². The van der Waals surface area contributed by atoms with Crippen LogP contribution in [0.15, 0.2) is 49.1 Å². The van der Waals surface area contributed by atoms with Gasteiger partial charge < -0.3 is 10.2 Å². The number of aromatic nitrogens is 5. The fourth-order valence-corrected chi connectivity index (χ4v) is 3.27. The van der Waals surface area contributed by atoms with Gasteiger partial charge in [0.2, 0.25) is 0 Å². The summed E-state index contributed by atoms with van der Waals surface area (Å²) in [6.45, 7) is 2.52. The van der Waals surface area contributed by atoms with E-state index in [1.54, 1.807) is 12.4 Å². The maximum absolute atomic E-state index is 12.8. The molecule has 1 amide bonds. The summed E-state index contributed by atoms with van der Waals surface area (Å²) in [7, 11) is 0. The molecule has 1 N–H and O–H groups in total. The van der Waals surface area contributed by atoms with Crippen LogP contribution >= 0.6 is 0 Å². The quantitative estimate of drug-likeness (QED) is 0.763. The molecule has 3 aromatic heterocycles. The Morgan fingerprint density at radius 2 is 2.07 bits per heavy atom. The van der Waals surface area contributed by atoms with E-state index in [4.69, 9.17) is 0 Å². The maximum atomic E-state index is 12.8. The Kier molecular flexibility index (Phi) is 4.69. The van der Waals surface area contributed by atoms with Crippen LogP contribution in [0.5, 0.6) is 0 Å². The van der Waals surface area contributed by atoms with Gasteiger partial charge in [0.05, 0.1) is 17.9 Å². The second-order valence-corrected chi connectivity index (χ2v) is 6.31. The molecule has 8 heteroatoms. The Labute approximate surface area is 156 Å². The molecule has 1 aliphatic rings.